The average molecular weight is 340 g/mol. The van der Waals surface area contributed by atoms with Crippen molar-refractivity contribution in [3.63, 3.8) is 0 Å². The Kier molecular flexibility index (Phi) is 3.25. The molecule has 5 aromatic rings. The summed E-state index contributed by atoms with van der Waals surface area (Å²) in [7, 11) is 2.01. The largest absolute Gasteiger partial charge is 0.457 e. The summed E-state index contributed by atoms with van der Waals surface area (Å²) in [6.45, 7) is 0. The molecule has 5 heteroatoms. The van der Waals surface area contributed by atoms with Gasteiger partial charge in [0.1, 0.15) is 17.2 Å². The molecule has 5 nitrogen and oxygen atoms in total. The summed E-state index contributed by atoms with van der Waals surface area (Å²) in [6, 6.07) is 23.7. The normalized spacial score (nSPS) is 11.3. The van der Waals surface area contributed by atoms with E-state index in [1.165, 1.54) is 0 Å². The first-order chi connectivity index (χ1) is 12.8. The van der Waals surface area contributed by atoms with Crippen LogP contribution in [-0.2, 0) is 7.05 Å². The van der Waals surface area contributed by atoms with Crippen LogP contribution in [0.1, 0.15) is 0 Å². The molecule has 2 aromatic heterocycles. The number of nitrogens with zero attached hydrogens (tertiary/aromatic N) is 3. The fourth-order valence-electron chi connectivity index (χ4n) is 3.21. The van der Waals surface area contributed by atoms with Gasteiger partial charge in [-0.05, 0) is 42.5 Å². The molecule has 126 valence electrons. The smallest absolute Gasteiger partial charge is 0.162 e. The van der Waals surface area contributed by atoms with Crippen molar-refractivity contribution in [3.05, 3.63) is 72.8 Å². The first kappa shape index (κ1) is 14.7. The molecular weight excluding hydrogens is 324 g/mol. The lowest BCUT2D eigenvalue weighted by Gasteiger charge is -2.06. The second kappa shape index (κ2) is 5.74. The monoisotopic (exact) mass is 340 g/mol. The third-order valence-electron chi connectivity index (χ3n) is 4.51. The number of nitrogens with one attached hydrogen (secondary N) is 1. The summed E-state index contributed by atoms with van der Waals surface area (Å²) in [5.41, 5.74) is 3.80. The van der Waals surface area contributed by atoms with Gasteiger partial charge in [0.25, 0.3) is 0 Å². The van der Waals surface area contributed by atoms with Gasteiger partial charge < -0.3 is 9.30 Å². The Morgan fingerprint density at radius 1 is 0.885 bits per heavy atom. The number of benzene rings is 3. The van der Waals surface area contributed by atoms with Gasteiger partial charge in [-0.15, -0.1) is 0 Å². The van der Waals surface area contributed by atoms with Gasteiger partial charge in [-0.2, -0.15) is 5.10 Å². The molecule has 0 radical (unpaired) electrons. The first-order valence-corrected chi connectivity index (χ1v) is 8.42. The molecule has 0 amide bonds. The highest BCUT2D eigenvalue weighted by molar-refractivity contribution is 5.94. The number of para-hydroxylation sites is 3. The van der Waals surface area contributed by atoms with Gasteiger partial charge in [-0.25, -0.2) is 4.98 Å². The molecule has 0 saturated carbocycles. The fraction of sp³-hybridized carbons (Fsp3) is 0.0476. The number of rotatable bonds is 3. The van der Waals surface area contributed by atoms with Crippen molar-refractivity contribution < 1.29 is 4.74 Å². The van der Waals surface area contributed by atoms with Crippen LogP contribution < -0.4 is 4.74 Å². The Morgan fingerprint density at radius 2 is 1.69 bits per heavy atom. The topological polar surface area (TPSA) is 55.7 Å². The molecule has 5 rings (SSSR count). The van der Waals surface area contributed by atoms with Gasteiger partial charge in [0, 0.05) is 12.4 Å². The molecule has 0 fully saturated rings. The molecule has 0 aliphatic carbocycles. The molecule has 0 spiro atoms. The van der Waals surface area contributed by atoms with E-state index >= 15 is 0 Å². The van der Waals surface area contributed by atoms with E-state index in [1.807, 2.05) is 73.8 Å². The van der Waals surface area contributed by atoms with Crippen LogP contribution >= 0.6 is 0 Å². The summed E-state index contributed by atoms with van der Waals surface area (Å²) >= 11 is 0. The highest BCUT2D eigenvalue weighted by Gasteiger charge is 2.16. The minimum absolute atomic E-state index is 0.769. The summed E-state index contributed by atoms with van der Waals surface area (Å²) in [6.07, 6.45) is 0. The number of aromatic nitrogens is 4. The Bertz CT molecular complexity index is 1220. The van der Waals surface area contributed by atoms with Crippen molar-refractivity contribution in [2.45, 2.75) is 0 Å². The molecule has 0 aliphatic heterocycles. The van der Waals surface area contributed by atoms with Crippen molar-refractivity contribution in [3.8, 4) is 23.0 Å². The van der Waals surface area contributed by atoms with Crippen molar-refractivity contribution in [2.75, 3.05) is 0 Å². The number of hydrogen-bond acceptors (Lipinski definition) is 3. The molecule has 0 atom stereocenters. The quantitative estimate of drug-likeness (QED) is 0.508. The second-order valence-corrected chi connectivity index (χ2v) is 6.18. The van der Waals surface area contributed by atoms with E-state index in [-0.39, 0.29) is 0 Å². The molecule has 0 bridgehead atoms. The van der Waals surface area contributed by atoms with Gasteiger partial charge in [0.05, 0.1) is 16.6 Å². The maximum absolute atomic E-state index is 5.97. The third-order valence-corrected chi connectivity index (χ3v) is 4.51. The number of aryl methyl sites for hydroxylation is 1. The van der Waals surface area contributed by atoms with Crippen LogP contribution in [0.3, 0.4) is 0 Å². The molecule has 0 aliphatic rings. The Morgan fingerprint density at radius 3 is 2.54 bits per heavy atom. The summed E-state index contributed by atoms with van der Waals surface area (Å²) in [5, 5.41) is 8.58. The Balaban J connectivity index is 1.63. The van der Waals surface area contributed by atoms with E-state index < -0.39 is 0 Å². The first-order valence-electron chi connectivity index (χ1n) is 8.42. The van der Waals surface area contributed by atoms with Crippen LogP contribution in [0.25, 0.3) is 33.5 Å². The molecule has 0 unspecified atom stereocenters. The van der Waals surface area contributed by atoms with Crippen LogP contribution in [-0.4, -0.2) is 19.7 Å². The van der Waals surface area contributed by atoms with Crippen LogP contribution in [0, 0.1) is 0 Å². The third kappa shape index (κ3) is 2.33. The van der Waals surface area contributed by atoms with Crippen LogP contribution in [0.2, 0.25) is 0 Å². The van der Waals surface area contributed by atoms with E-state index in [0.29, 0.717) is 0 Å². The number of H-pyrrole nitrogens is 1. The highest BCUT2D eigenvalue weighted by atomic mass is 16.5. The second-order valence-electron chi connectivity index (χ2n) is 6.18. The summed E-state index contributed by atoms with van der Waals surface area (Å²) in [4.78, 5) is 4.76. The SMILES string of the molecule is Cn1c(-c2n[nH]c3ccc(Oc4ccccc4)cc23)nc2ccccc21. The highest BCUT2D eigenvalue weighted by Crippen LogP contribution is 2.32. The van der Waals surface area contributed by atoms with E-state index in [2.05, 4.69) is 20.8 Å². The van der Waals surface area contributed by atoms with Gasteiger partial charge in [-0.3, -0.25) is 5.10 Å². The lowest BCUT2D eigenvalue weighted by atomic mass is 10.2. The lowest BCUT2D eigenvalue weighted by Crippen LogP contribution is -1.93. The predicted molar refractivity (Wildman–Crippen MR) is 102 cm³/mol. The summed E-state index contributed by atoms with van der Waals surface area (Å²) < 4.78 is 8.03. The van der Waals surface area contributed by atoms with E-state index in [0.717, 1.165) is 45.0 Å². The van der Waals surface area contributed by atoms with Gasteiger partial charge in [0.2, 0.25) is 0 Å². The molecule has 26 heavy (non-hydrogen) atoms. The molecule has 3 aromatic carbocycles. The van der Waals surface area contributed by atoms with E-state index in [9.17, 15) is 0 Å². The number of aromatic amines is 1. The molecule has 2 heterocycles. The van der Waals surface area contributed by atoms with Gasteiger partial charge in [-0.1, -0.05) is 30.3 Å². The van der Waals surface area contributed by atoms with Gasteiger partial charge >= 0.3 is 0 Å². The zero-order chi connectivity index (χ0) is 17.5. The van der Waals surface area contributed by atoms with Gasteiger partial charge in [0.15, 0.2) is 5.82 Å². The summed E-state index contributed by atoms with van der Waals surface area (Å²) in [5.74, 6) is 2.40. The number of fused-ring (bicyclic) bond motifs is 2. The van der Waals surface area contributed by atoms with E-state index in [1.54, 1.807) is 0 Å². The number of imidazole rings is 1. The van der Waals surface area contributed by atoms with Crippen molar-refractivity contribution in [2.24, 2.45) is 7.05 Å². The lowest BCUT2D eigenvalue weighted by molar-refractivity contribution is 0.483. The standard InChI is InChI=1S/C21H16N4O/c1-25-19-10-6-5-9-18(19)22-21(25)20-16-13-15(11-12-17(16)23-24-20)26-14-7-3-2-4-8-14/h2-13H,1H3,(H,23,24). The van der Waals surface area contributed by atoms with Crippen LogP contribution in [0.15, 0.2) is 72.8 Å². The molecule has 1 N–H and O–H groups in total. The fourth-order valence-corrected chi connectivity index (χ4v) is 3.21. The van der Waals surface area contributed by atoms with Crippen LogP contribution in [0.5, 0.6) is 11.5 Å². The zero-order valence-electron chi connectivity index (χ0n) is 14.2. The zero-order valence-corrected chi connectivity index (χ0v) is 14.2. The maximum atomic E-state index is 5.97. The Labute approximate surface area is 149 Å². The molecule has 0 saturated heterocycles. The molecular formula is C21H16N4O. The predicted octanol–water partition coefficient (Wildman–Crippen LogP) is 4.91. The van der Waals surface area contributed by atoms with Crippen molar-refractivity contribution in [1.29, 1.82) is 0 Å². The maximum Gasteiger partial charge on any atom is 0.162 e. The van der Waals surface area contributed by atoms with E-state index in [4.69, 9.17) is 9.72 Å². The van der Waals surface area contributed by atoms with Crippen molar-refractivity contribution in [1.82, 2.24) is 19.7 Å². The number of ether oxygens (including phenoxy) is 1. The minimum atomic E-state index is 0.769. The van der Waals surface area contributed by atoms with Crippen molar-refractivity contribution >= 4 is 21.9 Å². The number of hydrogen-bond donors (Lipinski definition) is 1. The van der Waals surface area contributed by atoms with Crippen LogP contribution in [0.4, 0.5) is 0 Å². The minimum Gasteiger partial charge on any atom is -0.457 e. The Hall–Kier alpha value is -3.60. The average Bonchev–Trinajstić information content (AvgIpc) is 3.24.